The normalized spacial score (nSPS) is 19.4. The SMILES string of the molecule is CC1CCN(C(=O)COC(=O)c2cccc(S(=O)(=O)N3CCOCC3)c2)CC1. The number of piperidine rings is 1. The lowest BCUT2D eigenvalue weighted by atomic mass is 9.99. The molecule has 3 rings (SSSR count). The summed E-state index contributed by atoms with van der Waals surface area (Å²) >= 11 is 0. The van der Waals surface area contributed by atoms with E-state index in [0.717, 1.165) is 12.8 Å². The average Bonchev–Trinajstić information content (AvgIpc) is 2.73. The molecule has 0 atom stereocenters. The molecule has 0 aromatic heterocycles. The Morgan fingerprint density at radius 3 is 2.50 bits per heavy atom. The molecule has 0 spiro atoms. The van der Waals surface area contributed by atoms with Crippen LogP contribution in [-0.4, -0.2) is 75.5 Å². The van der Waals surface area contributed by atoms with Crippen molar-refractivity contribution >= 4 is 21.9 Å². The Kier molecular flexibility index (Phi) is 6.69. The molecule has 0 radical (unpaired) electrons. The molecule has 8 nitrogen and oxygen atoms in total. The van der Waals surface area contributed by atoms with Crippen molar-refractivity contribution in [3.63, 3.8) is 0 Å². The second kappa shape index (κ2) is 9.02. The van der Waals surface area contributed by atoms with Gasteiger partial charge in [-0.2, -0.15) is 4.31 Å². The van der Waals surface area contributed by atoms with Crippen LogP contribution >= 0.6 is 0 Å². The van der Waals surface area contributed by atoms with Crippen LogP contribution in [0.2, 0.25) is 0 Å². The maximum atomic E-state index is 12.7. The maximum Gasteiger partial charge on any atom is 0.338 e. The Bertz CT molecular complexity index is 811. The predicted molar refractivity (Wildman–Crippen MR) is 101 cm³/mol. The van der Waals surface area contributed by atoms with Gasteiger partial charge in [-0.05, 0) is 37.0 Å². The zero-order chi connectivity index (χ0) is 20.1. The van der Waals surface area contributed by atoms with Crippen molar-refractivity contribution in [3.8, 4) is 0 Å². The molecule has 2 aliphatic rings. The van der Waals surface area contributed by atoms with Crippen LogP contribution in [-0.2, 0) is 24.3 Å². The fourth-order valence-corrected chi connectivity index (χ4v) is 4.73. The second-order valence-corrected chi connectivity index (χ2v) is 9.12. The Labute approximate surface area is 165 Å². The second-order valence-electron chi connectivity index (χ2n) is 7.18. The van der Waals surface area contributed by atoms with Crippen LogP contribution in [0.15, 0.2) is 29.2 Å². The molecule has 1 aromatic rings. The molecule has 9 heteroatoms. The topological polar surface area (TPSA) is 93.2 Å². The van der Waals surface area contributed by atoms with Crippen molar-refractivity contribution in [1.82, 2.24) is 9.21 Å². The highest BCUT2D eigenvalue weighted by Gasteiger charge is 2.27. The van der Waals surface area contributed by atoms with Crippen LogP contribution in [0.4, 0.5) is 0 Å². The van der Waals surface area contributed by atoms with Crippen LogP contribution < -0.4 is 0 Å². The van der Waals surface area contributed by atoms with Crippen LogP contribution in [0.3, 0.4) is 0 Å². The minimum atomic E-state index is -3.70. The van der Waals surface area contributed by atoms with Crippen LogP contribution in [0.5, 0.6) is 0 Å². The lowest BCUT2D eigenvalue weighted by molar-refractivity contribution is -0.135. The summed E-state index contributed by atoms with van der Waals surface area (Å²) in [6.07, 6.45) is 1.89. The van der Waals surface area contributed by atoms with E-state index in [4.69, 9.17) is 9.47 Å². The minimum Gasteiger partial charge on any atom is -0.452 e. The molecule has 1 amide bonds. The number of sulfonamides is 1. The molecule has 0 aliphatic carbocycles. The lowest BCUT2D eigenvalue weighted by Crippen LogP contribution is -2.40. The summed E-state index contributed by atoms with van der Waals surface area (Å²) in [5.41, 5.74) is 0.106. The third kappa shape index (κ3) is 4.89. The van der Waals surface area contributed by atoms with E-state index in [1.807, 2.05) is 0 Å². The number of carbonyl (C=O) groups is 2. The van der Waals surface area contributed by atoms with Gasteiger partial charge in [0, 0.05) is 26.2 Å². The van der Waals surface area contributed by atoms with Crippen molar-refractivity contribution in [1.29, 1.82) is 0 Å². The molecule has 154 valence electrons. The summed E-state index contributed by atoms with van der Waals surface area (Å²) in [5.74, 6) is -0.335. The first-order valence-corrected chi connectivity index (χ1v) is 10.9. The molecular formula is C19H26N2O6S. The molecule has 1 aromatic carbocycles. The van der Waals surface area contributed by atoms with Gasteiger partial charge >= 0.3 is 5.97 Å². The van der Waals surface area contributed by atoms with Crippen molar-refractivity contribution < 1.29 is 27.5 Å². The lowest BCUT2D eigenvalue weighted by Gasteiger charge is -2.30. The van der Waals surface area contributed by atoms with Gasteiger partial charge in [0.2, 0.25) is 10.0 Å². The largest absolute Gasteiger partial charge is 0.452 e. The van der Waals surface area contributed by atoms with E-state index in [9.17, 15) is 18.0 Å². The number of hydrogen-bond acceptors (Lipinski definition) is 6. The number of hydrogen-bond donors (Lipinski definition) is 0. The first kappa shape index (κ1) is 20.8. The number of rotatable bonds is 5. The number of benzene rings is 1. The third-order valence-electron chi connectivity index (χ3n) is 5.14. The van der Waals surface area contributed by atoms with Crippen molar-refractivity contribution in [2.45, 2.75) is 24.7 Å². The van der Waals surface area contributed by atoms with E-state index >= 15 is 0 Å². The maximum absolute atomic E-state index is 12.7. The molecule has 2 heterocycles. The van der Waals surface area contributed by atoms with Gasteiger partial charge in [0.25, 0.3) is 5.91 Å². The summed E-state index contributed by atoms with van der Waals surface area (Å²) in [5, 5.41) is 0. The third-order valence-corrected chi connectivity index (χ3v) is 7.04. The molecule has 2 fully saturated rings. The molecular weight excluding hydrogens is 384 g/mol. The quantitative estimate of drug-likeness (QED) is 0.676. The number of likely N-dealkylation sites (tertiary alicyclic amines) is 1. The summed E-state index contributed by atoms with van der Waals surface area (Å²) in [4.78, 5) is 26.3. The monoisotopic (exact) mass is 410 g/mol. The van der Waals surface area contributed by atoms with Gasteiger partial charge < -0.3 is 14.4 Å². The fraction of sp³-hybridized carbons (Fsp3) is 0.579. The van der Waals surface area contributed by atoms with Crippen molar-refractivity contribution in [2.24, 2.45) is 5.92 Å². The number of carbonyl (C=O) groups excluding carboxylic acids is 2. The molecule has 2 saturated heterocycles. The number of amides is 1. The van der Waals surface area contributed by atoms with E-state index < -0.39 is 16.0 Å². The summed E-state index contributed by atoms with van der Waals surface area (Å²) in [6.45, 7) is 4.40. The van der Waals surface area contributed by atoms with E-state index in [2.05, 4.69) is 6.92 Å². The van der Waals surface area contributed by atoms with Crippen LogP contribution in [0.1, 0.15) is 30.1 Å². The number of nitrogens with zero attached hydrogens (tertiary/aromatic N) is 2. The highest BCUT2D eigenvalue weighted by atomic mass is 32.2. The van der Waals surface area contributed by atoms with E-state index in [1.165, 1.54) is 28.6 Å². The summed E-state index contributed by atoms with van der Waals surface area (Å²) in [7, 11) is -3.70. The standard InChI is InChI=1S/C19H26N2O6S/c1-15-5-7-20(8-6-15)18(22)14-27-19(23)16-3-2-4-17(13-16)28(24,25)21-9-11-26-12-10-21/h2-4,13,15H,5-12,14H2,1H3. The Morgan fingerprint density at radius 1 is 1.14 bits per heavy atom. The van der Waals surface area contributed by atoms with E-state index in [0.29, 0.717) is 32.2 Å². The molecule has 0 N–H and O–H groups in total. The zero-order valence-electron chi connectivity index (χ0n) is 16.0. The van der Waals surface area contributed by atoms with Gasteiger partial charge in [-0.3, -0.25) is 4.79 Å². The van der Waals surface area contributed by atoms with Crippen molar-refractivity contribution in [3.05, 3.63) is 29.8 Å². The Hall–Kier alpha value is -1.97. The number of esters is 1. The molecule has 2 aliphatic heterocycles. The number of ether oxygens (including phenoxy) is 2. The highest BCUT2D eigenvalue weighted by Crippen LogP contribution is 2.19. The van der Waals surface area contributed by atoms with Gasteiger partial charge in [-0.1, -0.05) is 13.0 Å². The van der Waals surface area contributed by atoms with Gasteiger partial charge in [0.15, 0.2) is 6.61 Å². The minimum absolute atomic E-state index is 0.0280. The summed E-state index contributed by atoms with van der Waals surface area (Å²) < 4.78 is 37.1. The van der Waals surface area contributed by atoms with E-state index in [1.54, 1.807) is 4.90 Å². The molecule has 28 heavy (non-hydrogen) atoms. The van der Waals surface area contributed by atoms with E-state index in [-0.39, 0.29) is 36.1 Å². The predicted octanol–water partition coefficient (Wildman–Crippen LogP) is 1.12. The van der Waals surface area contributed by atoms with Gasteiger partial charge in [0.1, 0.15) is 0 Å². The molecule has 0 unspecified atom stereocenters. The van der Waals surface area contributed by atoms with Crippen molar-refractivity contribution in [2.75, 3.05) is 46.0 Å². The smallest absolute Gasteiger partial charge is 0.338 e. The van der Waals surface area contributed by atoms with Gasteiger partial charge in [-0.15, -0.1) is 0 Å². The van der Waals surface area contributed by atoms with Crippen LogP contribution in [0.25, 0.3) is 0 Å². The first-order valence-electron chi connectivity index (χ1n) is 9.51. The van der Waals surface area contributed by atoms with Crippen LogP contribution in [0, 0.1) is 5.92 Å². The molecule has 0 saturated carbocycles. The Balaban J connectivity index is 1.61. The highest BCUT2D eigenvalue weighted by molar-refractivity contribution is 7.89. The van der Waals surface area contributed by atoms with Gasteiger partial charge in [0.05, 0.1) is 23.7 Å². The fourth-order valence-electron chi connectivity index (χ4n) is 3.28. The first-order chi connectivity index (χ1) is 13.4. The molecule has 0 bridgehead atoms. The Morgan fingerprint density at radius 2 is 1.82 bits per heavy atom. The summed E-state index contributed by atoms with van der Waals surface area (Å²) in [6, 6.07) is 5.72. The zero-order valence-corrected chi connectivity index (χ0v) is 16.8. The number of morpholine rings is 1. The average molecular weight is 410 g/mol. The van der Waals surface area contributed by atoms with Gasteiger partial charge in [-0.25, -0.2) is 13.2 Å².